The zero-order valence-corrected chi connectivity index (χ0v) is 17.4. The number of aromatic nitrogens is 3. The summed E-state index contributed by atoms with van der Waals surface area (Å²) in [6.07, 6.45) is 1.84. The SMILES string of the molecule is O=C(Nc1nc2n(n1)[C@@H](c1c(F)cccc1Cl)C=C(c1ccccc1)N2)c1ccccc1. The van der Waals surface area contributed by atoms with E-state index in [1.807, 2.05) is 42.5 Å². The summed E-state index contributed by atoms with van der Waals surface area (Å²) in [6.45, 7) is 0. The molecule has 1 atom stereocenters. The minimum absolute atomic E-state index is 0.0986. The number of amides is 1. The van der Waals surface area contributed by atoms with Crippen LogP contribution in [0.25, 0.3) is 5.70 Å². The first-order valence-electron chi connectivity index (χ1n) is 9.91. The van der Waals surface area contributed by atoms with Crippen molar-refractivity contribution >= 4 is 35.1 Å². The second-order valence-electron chi connectivity index (χ2n) is 7.18. The van der Waals surface area contributed by atoms with Crippen molar-refractivity contribution in [1.29, 1.82) is 0 Å². The van der Waals surface area contributed by atoms with Gasteiger partial charge in [0.1, 0.15) is 11.9 Å². The van der Waals surface area contributed by atoms with Crippen LogP contribution >= 0.6 is 11.6 Å². The summed E-state index contributed by atoms with van der Waals surface area (Å²) < 4.78 is 16.3. The number of benzene rings is 3. The van der Waals surface area contributed by atoms with Gasteiger partial charge in [0, 0.05) is 21.8 Å². The third-order valence-electron chi connectivity index (χ3n) is 5.11. The third kappa shape index (κ3) is 3.74. The Balaban J connectivity index is 1.56. The van der Waals surface area contributed by atoms with E-state index < -0.39 is 11.9 Å². The summed E-state index contributed by atoms with van der Waals surface area (Å²) in [6, 6.07) is 22.2. The van der Waals surface area contributed by atoms with E-state index in [9.17, 15) is 9.18 Å². The van der Waals surface area contributed by atoms with Crippen LogP contribution in [0.5, 0.6) is 0 Å². The summed E-state index contributed by atoms with van der Waals surface area (Å²) in [4.78, 5) is 17.0. The molecule has 3 aromatic carbocycles. The van der Waals surface area contributed by atoms with E-state index in [0.717, 1.165) is 11.3 Å². The topological polar surface area (TPSA) is 71.8 Å². The number of rotatable bonds is 4. The lowest BCUT2D eigenvalue weighted by atomic mass is 10.0. The highest BCUT2D eigenvalue weighted by Gasteiger charge is 2.29. The summed E-state index contributed by atoms with van der Waals surface area (Å²) >= 11 is 6.37. The number of carbonyl (C=O) groups excluding carboxylic acids is 1. The van der Waals surface area contributed by atoms with Gasteiger partial charge in [-0.05, 0) is 35.9 Å². The van der Waals surface area contributed by atoms with E-state index in [1.54, 1.807) is 36.4 Å². The van der Waals surface area contributed by atoms with Crippen molar-refractivity contribution in [3.05, 3.63) is 112 Å². The molecule has 0 aliphatic carbocycles. The van der Waals surface area contributed by atoms with Crippen LogP contribution in [0.15, 0.2) is 84.9 Å². The van der Waals surface area contributed by atoms with Gasteiger partial charge in [-0.3, -0.25) is 10.1 Å². The molecule has 158 valence electrons. The molecule has 0 unspecified atom stereocenters. The van der Waals surface area contributed by atoms with Gasteiger partial charge in [-0.1, -0.05) is 66.2 Å². The van der Waals surface area contributed by atoms with Crippen LogP contribution in [0.1, 0.15) is 27.5 Å². The van der Waals surface area contributed by atoms with Crippen LogP contribution in [0, 0.1) is 5.82 Å². The van der Waals surface area contributed by atoms with Crippen molar-refractivity contribution in [2.24, 2.45) is 0 Å². The number of hydrogen-bond acceptors (Lipinski definition) is 4. The molecule has 5 rings (SSSR count). The number of carbonyl (C=O) groups is 1. The second-order valence-corrected chi connectivity index (χ2v) is 7.58. The zero-order valence-electron chi connectivity index (χ0n) is 16.7. The maximum Gasteiger partial charge on any atom is 0.258 e. The average molecular weight is 446 g/mol. The number of allylic oxidation sites excluding steroid dienone is 1. The van der Waals surface area contributed by atoms with Crippen LogP contribution in [-0.4, -0.2) is 20.7 Å². The Morgan fingerprint density at radius 1 is 1.00 bits per heavy atom. The fourth-order valence-electron chi connectivity index (χ4n) is 3.59. The highest BCUT2D eigenvalue weighted by Crippen LogP contribution is 2.37. The van der Waals surface area contributed by atoms with E-state index in [1.165, 1.54) is 10.7 Å². The first-order valence-corrected chi connectivity index (χ1v) is 10.3. The molecular formula is C24H17ClFN5O. The Morgan fingerprint density at radius 3 is 2.44 bits per heavy atom. The number of fused-ring (bicyclic) bond motifs is 1. The van der Waals surface area contributed by atoms with Gasteiger partial charge in [-0.25, -0.2) is 9.07 Å². The fraction of sp³-hybridized carbons (Fsp3) is 0.0417. The highest BCUT2D eigenvalue weighted by molar-refractivity contribution is 6.31. The molecule has 0 saturated carbocycles. The largest absolute Gasteiger partial charge is 0.324 e. The lowest BCUT2D eigenvalue weighted by molar-refractivity contribution is 0.102. The Hall–Kier alpha value is -3.97. The molecule has 1 amide bonds. The molecule has 1 aromatic heterocycles. The van der Waals surface area contributed by atoms with Crippen molar-refractivity contribution < 1.29 is 9.18 Å². The monoisotopic (exact) mass is 445 g/mol. The molecule has 0 fully saturated rings. The van der Waals surface area contributed by atoms with Crippen LogP contribution in [0.2, 0.25) is 5.02 Å². The predicted molar refractivity (Wildman–Crippen MR) is 122 cm³/mol. The van der Waals surface area contributed by atoms with Crippen molar-refractivity contribution in [1.82, 2.24) is 14.8 Å². The second kappa shape index (κ2) is 8.28. The summed E-state index contributed by atoms with van der Waals surface area (Å²) in [5.41, 5.74) is 2.38. The first-order chi connectivity index (χ1) is 15.6. The maximum atomic E-state index is 14.8. The normalized spacial score (nSPS) is 14.8. The summed E-state index contributed by atoms with van der Waals surface area (Å²) in [7, 11) is 0. The molecule has 32 heavy (non-hydrogen) atoms. The number of anilines is 2. The molecule has 4 aromatic rings. The van der Waals surface area contributed by atoms with Gasteiger partial charge in [0.05, 0.1) is 0 Å². The van der Waals surface area contributed by atoms with E-state index in [2.05, 4.69) is 20.7 Å². The molecule has 1 aliphatic rings. The van der Waals surface area contributed by atoms with Crippen LogP contribution < -0.4 is 10.6 Å². The fourth-order valence-corrected chi connectivity index (χ4v) is 3.87. The van der Waals surface area contributed by atoms with Gasteiger partial charge >= 0.3 is 0 Å². The van der Waals surface area contributed by atoms with Crippen LogP contribution in [0.3, 0.4) is 0 Å². The van der Waals surface area contributed by atoms with E-state index >= 15 is 0 Å². The van der Waals surface area contributed by atoms with Gasteiger partial charge in [0.2, 0.25) is 5.95 Å². The number of nitrogens with zero attached hydrogens (tertiary/aromatic N) is 3. The minimum atomic E-state index is -0.662. The van der Waals surface area contributed by atoms with Crippen molar-refractivity contribution in [3.63, 3.8) is 0 Å². The first kappa shape index (κ1) is 20.0. The molecule has 0 radical (unpaired) electrons. The smallest absolute Gasteiger partial charge is 0.258 e. The van der Waals surface area contributed by atoms with Gasteiger partial charge in [0.25, 0.3) is 11.9 Å². The Kier molecular flexibility index (Phi) is 5.17. The molecule has 1 aliphatic heterocycles. The van der Waals surface area contributed by atoms with E-state index in [4.69, 9.17) is 11.6 Å². The van der Waals surface area contributed by atoms with Gasteiger partial charge in [0.15, 0.2) is 0 Å². The number of nitrogens with one attached hydrogen (secondary N) is 2. The Labute approximate surface area is 188 Å². The van der Waals surface area contributed by atoms with Crippen LogP contribution in [0.4, 0.5) is 16.3 Å². The lowest BCUT2D eigenvalue weighted by Crippen LogP contribution is -2.21. The quantitative estimate of drug-likeness (QED) is 0.442. The van der Waals surface area contributed by atoms with E-state index in [-0.39, 0.29) is 22.4 Å². The molecule has 6 nitrogen and oxygen atoms in total. The van der Waals surface area contributed by atoms with Gasteiger partial charge < -0.3 is 5.32 Å². The molecule has 8 heteroatoms. The zero-order chi connectivity index (χ0) is 22.1. The molecule has 0 bridgehead atoms. The van der Waals surface area contributed by atoms with Crippen molar-refractivity contribution in [2.75, 3.05) is 10.6 Å². The minimum Gasteiger partial charge on any atom is -0.324 e. The summed E-state index contributed by atoms with van der Waals surface area (Å²) in [5, 5.41) is 10.6. The Bertz CT molecular complexity index is 1300. The van der Waals surface area contributed by atoms with Gasteiger partial charge in [-0.2, -0.15) is 4.98 Å². The molecule has 0 spiro atoms. The average Bonchev–Trinajstić information content (AvgIpc) is 3.22. The number of hydrogen-bond donors (Lipinski definition) is 2. The van der Waals surface area contributed by atoms with Gasteiger partial charge in [-0.15, -0.1) is 5.10 Å². The van der Waals surface area contributed by atoms with E-state index in [0.29, 0.717) is 11.5 Å². The van der Waals surface area contributed by atoms with Crippen LogP contribution in [-0.2, 0) is 0 Å². The highest BCUT2D eigenvalue weighted by atomic mass is 35.5. The van der Waals surface area contributed by atoms with Crippen molar-refractivity contribution in [3.8, 4) is 0 Å². The molecular weight excluding hydrogens is 429 g/mol. The Morgan fingerprint density at radius 2 is 1.72 bits per heavy atom. The third-order valence-corrected chi connectivity index (χ3v) is 5.44. The predicted octanol–water partition coefficient (Wildman–Crippen LogP) is 5.38. The maximum absolute atomic E-state index is 14.8. The standard InChI is InChI=1S/C24H17ClFN5O/c25-17-12-7-13-18(26)21(17)20-14-19(15-8-3-1-4-9-15)27-24-29-23(30-31(20)24)28-22(32)16-10-5-2-6-11-16/h1-14,20H,(H2,27,28,29,30,32)/t20-/m1/s1. The van der Waals surface area contributed by atoms with Crippen molar-refractivity contribution in [2.45, 2.75) is 6.04 Å². The molecule has 0 saturated heterocycles. The molecule has 2 N–H and O–H groups in total. The number of halogens is 2. The lowest BCUT2D eigenvalue weighted by Gasteiger charge is -2.25. The molecule has 2 heterocycles. The summed E-state index contributed by atoms with van der Waals surface area (Å²) in [5.74, 6) is -0.338.